The summed E-state index contributed by atoms with van der Waals surface area (Å²) < 4.78 is 26.9. The SMILES string of the molecule is CN(C)CCCNS(=O)(=O)c1ccc2c(c1)CNC2. The van der Waals surface area contributed by atoms with Crippen LogP contribution in [0.4, 0.5) is 0 Å². The number of hydrogen-bond donors (Lipinski definition) is 2. The van der Waals surface area contributed by atoms with Crippen molar-refractivity contribution in [2.75, 3.05) is 27.2 Å². The highest BCUT2D eigenvalue weighted by molar-refractivity contribution is 7.89. The highest BCUT2D eigenvalue weighted by Crippen LogP contribution is 2.19. The Hall–Kier alpha value is -0.950. The van der Waals surface area contributed by atoms with E-state index in [1.807, 2.05) is 25.1 Å². The summed E-state index contributed by atoms with van der Waals surface area (Å²) >= 11 is 0. The van der Waals surface area contributed by atoms with Gasteiger partial charge in [-0.15, -0.1) is 0 Å². The van der Waals surface area contributed by atoms with Gasteiger partial charge in [-0.3, -0.25) is 0 Å². The summed E-state index contributed by atoms with van der Waals surface area (Å²) in [5, 5.41) is 3.21. The maximum absolute atomic E-state index is 12.1. The Morgan fingerprint density at radius 3 is 2.74 bits per heavy atom. The molecule has 0 amide bonds. The summed E-state index contributed by atoms with van der Waals surface area (Å²) in [5.74, 6) is 0. The lowest BCUT2D eigenvalue weighted by Gasteiger charge is -2.11. The van der Waals surface area contributed by atoms with Gasteiger partial charge >= 0.3 is 0 Å². The van der Waals surface area contributed by atoms with Gasteiger partial charge < -0.3 is 10.2 Å². The van der Waals surface area contributed by atoms with Gasteiger partial charge in [-0.1, -0.05) is 6.07 Å². The third kappa shape index (κ3) is 3.76. The molecule has 0 saturated heterocycles. The summed E-state index contributed by atoms with van der Waals surface area (Å²) in [6.07, 6.45) is 0.804. The lowest BCUT2D eigenvalue weighted by atomic mass is 10.1. The van der Waals surface area contributed by atoms with Gasteiger partial charge in [0.25, 0.3) is 0 Å². The van der Waals surface area contributed by atoms with Gasteiger partial charge in [-0.25, -0.2) is 13.1 Å². The molecule has 1 aromatic rings. The average Bonchev–Trinajstić information content (AvgIpc) is 2.81. The van der Waals surface area contributed by atoms with E-state index in [4.69, 9.17) is 0 Å². The summed E-state index contributed by atoms with van der Waals surface area (Å²) in [6, 6.07) is 5.34. The molecule has 0 unspecified atom stereocenters. The number of benzene rings is 1. The Bertz CT molecular complexity index is 541. The fourth-order valence-electron chi connectivity index (χ4n) is 2.12. The maximum atomic E-state index is 12.1. The summed E-state index contributed by atoms with van der Waals surface area (Å²) in [5.41, 5.74) is 2.27. The van der Waals surface area contributed by atoms with Crippen LogP contribution in [0.25, 0.3) is 0 Å². The van der Waals surface area contributed by atoms with Crippen LogP contribution < -0.4 is 10.0 Å². The van der Waals surface area contributed by atoms with Crippen LogP contribution in [0.5, 0.6) is 0 Å². The minimum Gasteiger partial charge on any atom is -0.309 e. The van der Waals surface area contributed by atoms with Crippen LogP contribution >= 0.6 is 0 Å². The molecular formula is C13H21N3O2S. The smallest absolute Gasteiger partial charge is 0.240 e. The molecule has 6 heteroatoms. The van der Waals surface area contributed by atoms with Crippen LogP contribution in [0.2, 0.25) is 0 Å². The minimum absolute atomic E-state index is 0.361. The van der Waals surface area contributed by atoms with Crippen molar-refractivity contribution in [2.24, 2.45) is 0 Å². The van der Waals surface area contributed by atoms with E-state index in [1.54, 1.807) is 12.1 Å². The molecule has 1 aliphatic rings. The van der Waals surface area contributed by atoms with E-state index in [9.17, 15) is 8.42 Å². The summed E-state index contributed by atoms with van der Waals surface area (Å²) in [7, 11) is 0.572. The standard InChI is InChI=1S/C13H21N3O2S/c1-16(2)7-3-6-15-19(17,18)13-5-4-11-9-14-10-12(11)8-13/h4-5,8,14-15H,3,6-7,9-10H2,1-2H3. The molecule has 1 aliphatic heterocycles. The third-order valence-electron chi connectivity index (χ3n) is 3.19. The zero-order valence-corrected chi connectivity index (χ0v) is 12.3. The van der Waals surface area contributed by atoms with Crippen molar-refractivity contribution in [3.05, 3.63) is 29.3 Å². The van der Waals surface area contributed by atoms with Crippen molar-refractivity contribution in [3.8, 4) is 0 Å². The monoisotopic (exact) mass is 283 g/mol. The Kier molecular flexibility index (Phi) is 4.57. The molecule has 1 aromatic carbocycles. The highest BCUT2D eigenvalue weighted by atomic mass is 32.2. The van der Waals surface area contributed by atoms with E-state index in [1.165, 1.54) is 5.56 Å². The van der Waals surface area contributed by atoms with E-state index in [0.717, 1.165) is 31.6 Å². The molecule has 0 bridgehead atoms. The average molecular weight is 283 g/mol. The zero-order chi connectivity index (χ0) is 13.9. The number of rotatable bonds is 6. The van der Waals surface area contributed by atoms with E-state index in [0.29, 0.717) is 11.4 Å². The van der Waals surface area contributed by atoms with E-state index >= 15 is 0 Å². The van der Waals surface area contributed by atoms with Gasteiger partial charge in [0.2, 0.25) is 10.0 Å². The van der Waals surface area contributed by atoms with Gasteiger partial charge in [-0.05, 0) is 50.3 Å². The topological polar surface area (TPSA) is 61.4 Å². The third-order valence-corrected chi connectivity index (χ3v) is 4.65. The summed E-state index contributed by atoms with van der Waals surface area (Å²) in [6.45, 7) is 2.91. The number of sulfonamides is 1. The van der Waals surface area contributed by atoms with E-state index < -0.39 is 10.0 Å². The molecule has 19 heavy (non-hydrogen) atoms. The quantitative estimate of drug-likeness (QED) is 0.747. The van der Waals surface area contributed by atoms with Gasteiger partial charge in [0.15, 0.2) is 0 Å². The Morgan fingerprint density at radius 2 is 2.00 bits per heavy atom. The second-order valence-corrected chi connectivity index (χ2v) is 6.86. The van der Waals surface area contributed by atoms with E-state index in [-0.39, 0.29) is 0 Å². The first-order valence-corrected chi connectivity index (χ1v) is 7.94. The molecular weight excluding hydrogens is 262 g/mol. The number of fused-ring (bicyclic) bond motifs is 1. The molecule has 0 radical (unpaired) electrons. The van der Waals surface area contributed by atoms with Gasteiger partial charge in [-0.2, -0.15) is 0 Å². The van der Waals surface area contributed by atoms with Crippen molar-refractivity contribution in [2.45, 2.75) is 24.4 Å². The highest BCUT2D eigenvalue weighted by Gasteiger charge is 2.17. The van der Waals surface area contributed by atoms with Gasteiger partial charge in [0, 0.05) is 19.6 Å². The Labute approximate surface area is 115 Å². The first-order chi connectivity index (χ1) is 8.99. The van der Waals surface area contributed by atoms with E-state index in [2.05, 4.69) is 10.0 Å². The minimum atomic E-state index is -3.38. The number of nitrogens with zero attached hydrogens (tertiary/aromatic N) is 1. The van der Waals surface area contributed by atoms with Crippen molar-refractivity contribution in [3.63, 3.8) is 0 Å². The van der Waals surface area contributed by atoms with Crippen molar-refractivity contribution in [1.82, 2.24) is 14.9 Å². The van der Waals surface area contributed by atoms with Crippen LogP contribution in [0.15, 0.2) is 23.1 Å². The van der Waals surface area contributed by atoms with Crippen LogP contribution in [-0.2, 0) is 23.1 Å². The van der Waals surface area contributed by atoms with Crippen LogP contribution in [0.3, 0.4) is 0 Å². The van der Waals surface area contributed by atoms with Crippen LogP contribution in [-0.4, -0.2) is 40.5 Å². The molecule has 5 nitrogen and oxygen atoms in total. The first kappa shape index (κ1) is 14.5. The second-order valence-electron chi connectivity index (χ2n) is 5.09. The fraction of sp³-hybridized carbons (Fsp3) is 0.538. The molecule has 0 atom stereocenters. The normalized spacial score (nSPS) is 14.9. The molecule has 2 rings (SSSR count). The Morgan fingerprint density at radius 1 is 1.26 bits per heavy atom. The van der Waals surface area contributed by atoms with Crippen LogP contribution in [0.1, 0.15) is 17.5 Å². The van der Waals surface area contributed by atoms with Crippen molar-refractivity contribution in [1.29, 1.82) is 0 Å². The largest absolute Gasteiger partial charge is 0.309 e. The maximum Gasteiger partial charge on any atom is 0.240 e. The van der Waals surface area contributed by atoms with Crippen molar-refractivity contribution < 1.29 is 8.42 Å². The van der Waals surface area contributed by atoms with Gasteiger partial charge in [0.05, 0.1) is 4.90 Å². The number of hydrogen-bond acceptors (Lipinski definition) is 4. The Balaban J connectivity index is 1.99. The van der Waals surface area contributed by atoms with Gasteiger partial charge in [0.1, 0.15) is 0 Å². The predicted octanol–water partition coefficient (Wildman–Crippen LogP) is 0.520. The molecule has 0 aliphatic carbocycles. The summed E-state index contributed by atoms with van der Waals surface area (Å²) in [4.78, 5) is 2.40. The molecule has 0 saturated carbocycles. The molecule has 0 aromatic heterocycles. The van der Waals surface area contributed by atoms with Crippen molar-refractivity contribution >= 4 is 10.0 Å². The lowest BCUT2D eigenvalue weighted by Crippen LogP contribution is -2.27. The molecule has 0 spiro atoms. The molecule has 106 valence electrons. The second kappa shape index (κ2) is 6.00. The van der Waals surface area contributed by atoms with Crippen LogP contribution in [0, 0.1) is 0 Å². The molecule has 2 N–H and O–H groups in total. The molecule has 1 heterocycles. The lowest BCUT2D eigenvalue weighted by molar-refractivity contribution is 0.400. The predicted molar refractivity (Wildman–Crippen MR) is 75.3 cm³/mol. The zero-order valence-electron chi connectivity index (χ0n) is 11.4. The fourth-order valence-corrected chi connectivity index (χ4v) is 3.25. The molecule has 0 fully saturated rings. The first-order valence-electron chi connectivity index (χ1n) is 6.46. The number of nitrogens with one attached hydrogen (secondary N) is 2.